The average Bonchev–Trinajstić information content (AvgIpc) is 2.57. The molecule has 2 amide bonds. The van der Waals surface area contributed by atoms with Crippen LogP contribution in [-0.4, -0.2) is 18.0 Å². The van der Waals surface area contributed by atoms with Gasteiger partial charge in [-0.05, 0) is 29.3 Å². The minimum atomic E-state index is -0.638. The Morgan fingerprint density at radius 3 is 2.40 bits per heavy atom. The lowest BCUT2D eigenvalue weighted by Gasteiger charge is -2.03. The summed E-state index contributed by atoms with van der Waals surface area (Å²) in [4.78, 5) is 25.6. The number of nitrogen functional groups attached to an aromatic ring is 1. The molecule has 2 aromatic rings. The van der Waals surface area contributed by atoms with Gasteiger partial charge in [0, 0.05) is 12.6 Å². The monoisotopic (exact) mass is 400 g/mol. The Morgan fingerprint density at radius 2 is 1.80 bits per heavy atom. The molecule has 0 saturated heterocycles. The van der Waals surface area contributed by atoms with Crippen LogP contribution >= 0.6 is 34.8 Å². The molecular formula is C15H13Cl3N5O2+. The topological polar surface area (TPSA) is 111 Å². The predicted molar refractivity (Wildman–Crippen MR) is 98.2 cm³/mol. The largest absolute Gasteiger partial charge is 0.396 e. The lowest BCUT2D eigenvalue weighted by Crippen LogP contribution is -2.28. The number of H-pyrrole nitrogens is 1. The molecule has 130 valence electrons. The number of benzene rings is 1. The number of aromatic nitrogens is 1. The van der Waals surface area contributed by atoms with Gasteiger partial charge in [0.1, 0.15) is 10.0 Å². The first-order chi connectivity index (χ1) is 11.8. The van der Waals surface area contributed by atoms with Crippen LogP contribution in [0.4, 0.5) is 11.4 Å². The Hall–Kier alpha value is -2.35. The highest BCUT2D eigenvalue weighted by atomic mass is 35.5. The fraction of sp³-hybridized carbons (Fsp3) is 0.0667. The highest BCUT2D eigenvalue weighted by Crippen LogP contribution is 2.31. The van der Waals surface area contributed by atoms with Crippen molar-refractivity contribution >= 4 is 64.2 Å². The van der Waals surface area contributed by atoms with E-state index in [1.807, 2.05) is 0 Å². The molecule has 1 aromatic carbocycles. The summed E-state index contributed by atoms with van der Waals surface area (Å²) < 4.78 is 0. The molecule has 0 spiro atoms. The second-order valence-electron chi connectivity index (χ2n) is 4.86. The van der Waals surface area contributed by atoms with E-state index >= 15 is 0 Å². The van der Waals surface area contributed by atoms with Gasteiger partial charge in [-0.25, -0.2) is 5.43 Å². The molecule has 1 aromatic heterocycles. The number of carbonyl (C=O) groups excluding carboxylic acids is 2. The maximum absolute atomic E-state index is 12.1. The van der Waals surface area contributed by atoms with Gasteiger partial charge in [0.2, 0.25) is 5.91 Å². The molecule has 7 nitrogen and oxygen atoms in total. The maximum Gasteiger partial charge on any atom is 0.337 e. The molecule has 0 fully saturated rings. The summed E-state index contributed by atoms with van der Waals surface area (Å²) in [6.07, 6.45) is 1.42. The van der Waals surface area contributed by atoms with E-state index in [4.69, 9.17) is 40.5 Å². The zero-order valence-electron chi connectivity index (χ0n) is 12.9. The number of nitrogens with two attached hydrogens (primary N) is 1. The molecule has 0 aliphatic heterocycles. The molecule has 0 radical (unpaired) electrons. The van der Waals surface area contributed by atoms with E-state index in [9.17, 15) is 9.59 Å². The standard InChI is InChI=1S/C15H12Cl3N5O2/c1-7(24)21-9-4-2-8(3-5-9)6-20-23-15(25)13-10(16)12(19)11(17)14(18)22-13/h2-6H,1H3,(H2,19,22)(H,21,24)(H,23,25)/p+1/b20-6-. The van der Waals surface area contributed by atoms with Gasteiger partial charge in [0.25, 0.3) is 10.8 Å². The van der Waals surface area contributed by atoms with Crippen LogP contribution in [0.2, 0.25) is 15.2 Å². The lowest BCUT2D eigenvalue weighted by molar-refractivity contribution is -0.379. The van der Waals surface area contributed by atoms with E-state index < -0.39 is 5.91 Å². The molecule has 0 atom stereocenters. The van der Waals surface area contributed by atoms with Crippen molar-refractivity contribution in [3.8, 4) is 0 Å². The fourth-order valence-corrected chi connectivity index (χ4v) is 2.42. The first kappa shape index (κ1) is 19.0. The molecule has 5 N–H and O–H groups in total. The Labute approximate surface area is 158 Å². The van der Waals surface area contributed by atoms with Crippen LogP contribution in [0.1, 0.15) is 23.0 Å². The smallest absolute Gasteiger partial charge is 0.337 e. The number of amides is 2. The van der Waals surface area contributed by atoms with Crippen molar-refractivity contribution < 1.29 is 14.6 Å². The van der Waals surface area contributed by atoms with Crippen LogP contribution < -0.4 is 21.5 Å². The first-order valence-corrected chi connectivity index (χ1v) is 7.99. The number of pyridine rings is 1. The molecule has 0 aliphatic carbocycles. The SMILES string of the molecule is CC(=O)Nc1ccc(/C=N\NC(=O)c2[nH+]c(Cl)c(Cl)c(N)c2Cl)cc1. The molecule has 10 heteroatoms. The first-order valence-electron chi connectivity index (χ1n) is 6.86. The molecule has 0 saturated carbocycles. The number of halogens is 3. The quantitative estimate of drug-likeness (QED) is 0.416. The summed E-state index contributed by atoms with van der Waals surface area (Å²) in [6.45, 7) is 1.42. The summed E-state index contributed by atoms with van der Waals surface area (Å²) in [6, 6.07) is 6.85. The fourth-order valence-electron chi connectivity index (χ4n) is 1.80. The van der Waals surface area contributed by atoms with Gasteiger partial charge < -0.3 is 11.1 Å². The van der Waals surface area contributed by atoms with Crippen molar-refractivity contribution in [3.05, 3.63) is 50.7 Å². The number of nitrogens with one attached hydrogen (secondary N) is 3. The van der Waals surface area contributed by atoms with Crippen molar-refractivity contribution in [2.45, 2.75) is 6.92 Å². The molecular weight excluding hydrogens is 389 g/mol. The second kappa shape index (κ2) is 8.15. The van der Waals surface area contributed by atoms with Crippen LogP contribution in [0.5, 0.6) is 0 Å². The zero-order chi connectivity index (χ0) is 18.6. The molecule has 2 rings (SSSR count). The Morgan fingerprint density at radius 1 is 1.16 bits per heavy atom. The number of hydrogen-bond donors (Lipinski definition) is 3. The van der Waals surface area contributed by atoms with Crippen LogP contribution in [-0.2, 0) is 4.79 Å². The summed E-state index contributed by atoms with van der Waals surface area (Å²) >= 11 is 17.6. The van der Waals surface area contributed by atoms with Gasteiger partial charge in [0.15, 0.2) is 0 Å². The lowest BCUT2D eigenvalue weighted by atomic mass is 10.2. The van der Waals surface area contributed by atoms with E-state index in [2.05, 4.69) is 20.8 Å². The summed E-state index contributed by atoms with van der Waals surface area (Å²) in [5.41, 5.74) is 9.26. The predicted octanol–water partition coefficient (Wildman–Crippen LogP) is 2.77. The number of hydrazone groups is 1. The van der Waals surface area contributed by atoms with Crippen molar-refractivity contribution in [2.24, 2.45) is 5.10 Å². The van der Waals surface area contributed by atoms with Crippen molar-refractivity contribution in [3.63, 3.8) is 0 Å². The number of aromatic amines is 1. The molecule has 0 aliphatic rings. The minimum Gasteiger partial charge on any atom is -0.396 e. The van der Waals surface area contributed by atoms with Gasteiger partial charge in [-0.15, -0.1) is 0 Å². The van der Waals surface area contributed by atoms with Crippen molar-refractivity contribution in [1.82, 2.24) is 5.43 Å². The van der Waals surface area contributed by atoms with Crippen LogP contribution in [0.3, 0.4) is 0 Å². The van der Waals surface area contributed by atoms with Crippen LogP contribution in [0.15, 0.2) is 29.4 Å². The summed E-state index contributed by atoms with van der Waals surface area (Å²) in [5.74, 6) is -0.802. The van der Waals surface area contributed by atoms with Gasteiger partial charge in [0.05, 0.1) is 11.9 Å². The zero-order valence-corrected chi connectivity index (χ0v) is 15.1. The third-order valence-corrected chi connectivity index (χ3v) is 4.12. The van der Waals surface area contributed by atoms with Gasteiger partial charge >= 0.3 is 5.91 Å². The third kappa shape index (κ3) is 4.82. The Bertz CT molecular complexity index is 853. The van der Waals surface area contributed by atoms with Gasteiger partial charge in [-0.1, -0.05) is 35.3 Å². The number of nitrogens with zero attached hydrogens (tertiary/aromatic N) is 1. The third-order valence-electron chi connectivity index (χ3n) is 2.96. The molecule has 0 unspecified atom stereocenters. The number of carbonyl (C=O) groups is 2. The minimum absolute atomic E-state index is 0.00484. The number of anilines is 2. The van der Waals surface area contributed by atoms with E-state index in [0.717, 1.165) is 0 Å². The molecule has 25 heavy (non-hydrogen) atoms. The normalized spacial score (nSPS) is 10.7. The average molecular weight is 402 g/mol. The summed E-state index contributed by atoms with van der Waals surface area (Å²) in [7, 11) is 0. The van der Waals surface area contributed by atoms with E-state index in [1.54, 1.807) is 24.3 Å². The van der Waals surface area contributed by atoms with Gasteiger partial charge in [-0.3, -0.25) is 9.59 Å². The van der Waals surface area contributed by atoms with Crippen LogP contribution in [0.25, 0.3) is 0 Å². The van der Waals surface area contributed by atoms with E-state index in [0.29, 0.717) is 11.3 Å². The Balaban J connectivity index is 2.07. The highest BCUT2D eigenvalue weighted by molar-refractivity contribution is 6.45. The highest BCUT2D eigenvalue weighted by Gasteiger charge is 2.25. The van der Waals surface area contributed by atoms with Crippen LogP contribution in [0, 0.1) is 0 Å². The summed E-state index contributed by atoms with van der Waals surface area (Å²) in [5, 5.41) is 6.44. The van der Waals surface area contributed by atoms with Gasteiger partial charge in [-0.2, -0.15) is 10.1 Å². The van der Waals surface area contributed by atoms with E-state index in [-0.39, 0.29) is 32.5 Å². The maximum atomic E-state index is 12.1. The number of hydrogen-bond acceptors (Lipinski definition) is 4. The number of rotatable bonds is 4. The van der Waals surface area contributed by atoms with Crippen molar-refractivity contribution in [2.75, 3.05) is 11.1 Å². The van der Waals surface area contributed by atoms with Crippen molar-refractivity contribution in [1.29, 1.82) is 0 Å². The molecule has 0 bridgehead atoms. The van der Waals surface area contributed by atoms with E-state index in [1.165, 1.54) is 13.1 Å². The molecule has 1 heterocycles. The Kier molecular flexibility index (Phi) is 6.19. The second-order valence-corrected chi connectivity index (χ2v) is 5.99.